The molecule has 0 bridgehead atoms. The van der Waals surface area contributed by atoms with Gasteiger partial charge in [-0.3, -0.25) is 13.9 Å². The van der Waals surface area contributed by atoms with Crippen LogP contribution in [0.1, 0.15) is 41.2 Å². The molecule has 4 aromatic carbocycles. The van der Waals surface area contributed by atoms with E-state index in [0.717, 1.165) is 27.4 Å². The average Bonchev–Trinajstić information content (AvgIpc) is 3.02. The Balaban J connectivity index is 1.83. The number of halogens is 1. The van der Waals surface area contributed by atoms with Gasteiger partial charge < -0.3 is 10.2 Å². The predicted octanol–water partition coefficient (Wildman–Crippen LogP) is 6.63. The van der Waals surface area contributed by atoms with Gasteiger partial charge in [0, 0.05) is 24.5 Å². The van der Waals surface area contributed by atoms with E-state index in [-0.39, 0.29) is 23.8 Å². The van der Waals surface area contributed by atoms with Crippen LogP contribution in [0.25, 0.3) is 0 Å². The Morgan fingerprint density at radius 3 is 2.13 bits per heavy atom. The minimum atomic E-state index is -4.18. The number of aryl methyl sites for hydroxylation is 3. The Hall–Kier alpha value is -4.14. The number of sulfonamides is 1. The van der Waals surface area contributed by atoms with Crippen molar-refractivity contribution < 1.29 is 18.0 Å². The van der Waals surface area contributed by atoms with Crippen LogP contribution in [0.5, 0.6) is 0 Å². The fourth-order valence-corrected chi connectivity index (χ4v) is 6.84. The van der Waals surface area contributed by atoms with Gasteiger partial charge in [0.15, 0.2) is 0 Å². The van der Waals surface area contributed by atoms with Crippen molar-refractivity contribution in [3.63, 3.8) is 0 Å². The van der Waals surface area contributed by atoms with Crippen molar-refractivity contribution in [1.29, 1.82) is 0 Å². The zero-order chi connectivity index (χ0) is 32.6. The van der Waals surface area contributed by atoms with Gasteiger partial charge >= 0.3 is 0 Å². The van der Waals surface area contributed by atoms with Gasteiger partial charge in [-0.25, -0.2) is 8.42 Å². The van der Waals surface area contributed by atoms with Crippen LogP contribution < -0.4 is 9.62 Å². The van der Waals surface area contributed by atoms with E-state index in [1.807, 2.05) is 76.2 Å². The van der Waals surface area contributed by atoms with Crippen LogP contribution in [0, 0.1) is 20.8 Å². The molecular weight excluding hydrogens is 606 g/mol. The number of benzene rings is 4. The molecule has 0 aliphatic rings. The number of hydrogen-bond acceptors (Lipinski definition) is 4. The molecule has 7 nitrogen and oxygen atoms in total. The fraction of sp³-hybridized carbons (Fsp3) is 0.278. The molecule has 2 amide bonds. The highest BCUT2D eigenvalue weighted by molar-refractivity contribution is 7.92. The molecule has 0 spiro atoms. The zero-order valence-electron chi connectivity index (χ0n) is 26.2. The maximum absolute atomic E-state index is 14.6. The number of nitrogens with one attached hydrogen (secondary N) is 1. The summed E-state index contributed by atoms with van der Waals surface area (Å²) in [6.07, 6.45) is 0.957. The monoisotopic (exact) mass is 645 g/mol. The lowest BCUT2D eigenvalue weighted by Gasteiger charge is -2.34. The third-order valence-electron chi connectivity index (χ3n) is 7.63. The molecule has 0 aromatic heterocycles. The van der Waals surface area contributed by atoms with E-state index < -0.39 is 28.5 Å². The molecule has 0 radical (unpaired) electrons. The van der Waals surface area contributed by atoms with Crippen molar-refractivity contribution in [2.45, 2.75) is 58.0 Å². The first-order valence-electron chi connectivity index (χ1n) is 15.0. The molecule has 0 saturated heterocycles. The van der Waals surface area contributed by atoms with Crippen LogP contribution >= 0.6 is 11.6 Å². The van der Waals surface area contributed by atoms with E-state index in [0.29, 0.717) is 28.4 Å². The maximum atomic E-state index is 14.6. The third kappa shape index (κ3) is 8.53. The molecule has 4 aromatic rings. The minimum Gasteiger partial charge on any atom is -0.354 e. The molecular formula is C36H40ClN3O4S. The quantitative estimate of drug-likeness (QED) is 0.177. The molecule has 0 unspecified atom stereocenters. The summed E-state index contributed by atoms with van der Waals surface area (Å²) in [7, 11) is -4.18. The molecule has 0 fully saturated rings. The SMILES string of the molecule is CCCNC(=O)[C@@H](Cc1ccccc1)N(Cc1ccccc1Cl)C(=O)CN(c1ccc(C)cc1C)S(=O)(=O)c1ccc(C)cc1. The molecule has 0 heterocycles. The summed E-state index contributed by atoms with van der Waals surface area (Å²) in [5, 5.41) is 3.40. The van der Waals surface area contributed by atoms with Crippen LogP contribution in [-0.2, 0) is 32.6 Å². The Morgan fingerprint density at radius 1 is 0.844 bits per heavy atom. The largest absolute Gasteiger partial charge is 0.354 e. The molecule has 45 heavy (non-hydrogen) atoms. The van der Waals surface area contributed by atoms with Crippen molar-refractivity contribution in [2.75, 3.05) is 17.4 Å². The molecule has 0 aliphatic carbocycles. The summed E-state index contributed by atoms with van der Waals surface area (Å²) >= 11 is 6.56. The average molecular weight is 646 g/mol. The highest BCUT2D eigenvalue weighted by Crippen LogP contribution is 2.29. The lowest BCUT2D eigenvalue weighted by atomic mass is 10.0. The van der Waals surface area contributed by atoms with Gasteiger partial charge in [-0.2, -0.15) is 0 Å². The fourth-order valence-electron chi connectivity index (χ4n) is 5.17. The molecule has 236 valence electrons. The summed E-state index contributed by atoms with van der Waals surface area (Å²) in [4.78, 5) is 29.8. The summed E-state index contributed by atoms with van der Waals surface area (Å²) in [5.41, 5.74) is 4.49. The second-order valence-corrected chi connectivity index (χ2v) is 13.5. The normalized spacial score (nSPS) is 11.9. The third-order valence-corrected chi connectivity index (χ3v) is 9.77. The highest BCUT2D eigenvalue weighted by atomic mass is 35.5. The van der Waals surface area contributed by atoms with Gasteiger partial charge in [-0.1, -0.05) is 102 Å². The van der Waals surface area contributed by atoms with E-state index in [4.69, 9.17) is 11.6 Å². The molecule has 0 saturated carbocycles. The van der Waals surface area contributed by atoms with Crippen molar-refractivity contribution in [2.24, 2.45) is 0 Å². The lowest BCUT2D eigenvalue weighted by Crippen LogP contribution is -2.53. The topological polar surface area (TPSA) is 86.8 Å². The Labute approximate surface area is 271 Å². The molecule has 1 N–H and O–H groups in total. The van der Waals surface area contributed by atoms with Crippen molar-refractivity contribution in [1.82, 2.24) is 10.2 Å². The number of hydrogen-bond donors (Lipinski definition) is 1. The first-order chi connectivity index (χ1) is 21.5. The van der Waals surface area contributed by atoms with E-state index in [1.165, 1.54) is 4.90 Å². The maximum Gasteiger partial charge on any atom is 0.264 e. The van der Waals surface area contributed by atoms with Crippen molar-refractivity contribution in [3.8, 4) is 0 Å². The first-order valence-corrected chi connectivity index (χ1v) is 16.8. The van der Waals surface area contributed by atoms with Crippen LogP contribution in [-0.4, -0.2) is 44.3 Å². The number of carbonyl (C=O) groups is 2. The van der Waals surface area contributed by atoms with Crippen LogP contribution in [0.4, 0.5) is 5.69 Å². The molecule has 1 atom stereocenters. The summed E-state index contributed by atoms with van der Waals surface area (Å²) < 4.78 is 29.6. The van der Waals surface area contributed by atoms with Gasteiger partial charge in [0.2, 0.25) is 11.8 Å². The Kier molecular flexibility index (Phi) is 11.4. The number of rotatable bonds is 13. The van der Waals surface area contributed by atoms with Gasteiger partial charge in [-0.05, 0) is 68.1 Å². The minimum absolute atomic E-state index is 0.0147. The lowest BCUT2D eigenvalue weighted by molar-refractivity contribution is -0.140. The number of anilines is 1. The Morgan fingerprint density at radius 2 is 1.49 bits per heavy atom. The van der Waals surface area contributed by atoms with Gasteiger partial charge in [0.05, 0.1) is 10.6 Å². The van der Waals surface area contributed by atoms with Crippen molar-refractivity contribution in [3.05, 3.63) is 130 Å². The first kappa shape index (κ1) is 33.7. The second kappa shape index (κ2) is 15.2. The van der Waals surface area contributed by atoms with Crippen LogP contribution in [0.2, 0.25) is 5.02 Å². The predicted molar refractivity (Wildman–Crippen MR) is 181 cm³/mol. The van der Waals surface area contributed by atoms with E-state index in [1.54, 1.807) is 48.5 Å². The highest BCUT2D eigenvalue weighted by Gasteiger charge is 2.35. The molecule has 9 heteroatoms. The van der Waals surface area contributed by atoms with Crippen molar-refractivity contribution >= 4 is 39.1 Å². The summed E-state index contributed by atoms with van der Waals surface area (Å²) in [5.74, 6) is -0.848. The van der Waals surface area contributed by atoms with E-state index in [9.17, 15) is 18.0 Å². The van der Waals surface area contributed by atoms with Crippen LogP contribution in [0.3, 0.4) is 0 Å². The van der Waals surface area contributed by atoms with E-state index in [2.05, 4.69) is 5.32 Å². The summed E-state index contributed by atoms with van der Waals surface area (Å²) in [6, 6.07) is 27.7. The smallest absolute Gasteiger partial charge is 0.264 e. The number of amides is 2. The zero-order valence-corrected chi connectivity index (χ0v) is 27.7. The molecule has 0 aliphatic heterocycles. The number of carbonyl (C=O) groups excluding carboxylic acids is 2. The second-order valence-electron chi connectivity index (χ2n) is 11.2. The Bertz CT molecular complexity index is 1730. The standard InChI is InChI=1S/C36H40ClN3O4S/c1-5-21-38-36(42)34(23-29-11-7-6-8-12-29)39(24-30-13-9-10-14-32(30)37)35(41)25-40(33-20-17-27(3)22-28(33)4)45(43,44)31-18-15-26(2)16-19-31/h6-20,22,34H,5,21,23-25H2,1-4H3,(H,38,42)/t34-/m1/s1. The van der Waals surface area contributed by atoms with Crippen LogP contribution in [0.15, 0.2) is 102 Å². The van der Waals surface area contributed by atoms with Gasteiger partial charge in [0.25, 0.3) is 10.0 Å². The molecule has 4 rings (SSSR count). The van der Waals surface area contributed by atoms with Gasteiger partial charge in [0.1, 0.15) is 12.6 Å². The van der Waals surface area contributed by atoms with Gasteiger partial charge in [-0.15, -0.1) is 0 Å². The van der Waals surface area contributed by atoms with E-state index >= 15 is 0 Å². The number of nitrogens with zero attached hydrogens (tertiary/aromatic N) is 2. The summed E-state index contributed by atoms with van der Waals surface area (Å²) in [6.45, 7) is 7.52.